The van der Waals surface area contributed by atoms with Crippen molar-refractivity contribution >= 4 is 6.03 Å². The standard InChI is InChI=1S/C19H24FN3O/c1-14-6-4-7-15(10-14)12-21-19(24)22-13-18(23(2)3)16-8-5-9-17(20)11-16/h4-11,18H,12-13H2,1-3H3,(H2,21,22,24). The highest BCUT2D eigenvalue weighted by molar-refractivity contribution is 5.73. The predicted octanol–water partition coefficient (Wildman–Crippen LogP) is 3.24. The largest absolute Gasteiger partial charge is 0.336 e. The van der Waals surface area contributed by atoms with Gasteiger partial charge in [0, 0.05) is 13.1 Å². The molecular formula is C19H24FN3O. The van der Waals surface area contributed by atoms with Gasteiger partial charge in [-0.15, -0.1) is 0 Å². The van der Waals surface area contributed by atoms with Crippen molar-refractivity contribution in [2.24, 2.45) is 0 Å². The maximum absolute atomic E-state index is 13.4. The molecular weight excluding hydrogens is 305 g/mol. The number of amides is 2. The first kappa shape index (κ1) is 17.9. The number of nitrogens with zero attached hydrogens (tertiary/aromatic N) is 1. The lowest BCUT2D eigenvalue weighted by molar-refractivity contribution is 0.232. The lowest BCUT2D eigenvalue weighted by Crippen LogP contribution is -2.40. The average Bonchev–Trinajstić information content (AvgIpc) is 2.53. The Labute approximate surface area is 142 Å². The number of likely N-dealkylation sites (N-methyl/N-ethyl adjacent to an activating group) is 1. The fourth-order valence-corrected chi connectivity index (χ4v) is 2.57. The van der Waals surface area contributed by atoms with E-state index in [9.17, 15) is 9.18 Å². The number of carbonyl (C=O) groups excluding carboxylic acids is 1. The molecule has 24 heavy (non-hydrogen) atoms. The Balaban J connectivity index is 1.88. The zero-order valence-electron chi connectivity index (χ0n) is 14.3. The van der Waals surface area contributed by atoms with Gasteiger partial charge in [0.2, 0.25) is 0 Å². The molecule has 0 aliphatic carbocycles. The van der Waals surface area contributed by atoms with Crippen LogP contribution in [0.25, 0.3) is 0 Å². The molecule has 0 heterocycles. The van der Waals surface area contributed by atoms with Crippen molar-refractivity contribution in [3.05, 3.63) is 71.0 Å². The molecule has 0 aliphatic heterocycles. The molecule has 0 spiro atoms. The predicted molar refractivity (Wildman–Crippen MR) is 94.2 cm³/mol. The van der Waals surface area contributed by atoms with Crippen molar-refractivity contribution in [3.8, 4) is 0 Å². The van der Waals surface area contributed by atoms with Crippen LogP contribution in [0, 0.1) is 12.7 Å². The van der Waals surface area contributed by atoms with E-state index in [0.29, 0.717) is 13.1 Å². The second-order valence-corrected chi connectivity index (χ2v) is 6.09. The highest BCUT2D eigenvalue weighted by Gasteiger charge is 2.15. The van der Waals surface area contributed by atoms with Crippen molar-refractivity contribution in [2.45, 2.75) is 19.5 Å². The highest BCUT2D eigenvalue weighted by atomic mass is 19.1. The van der Waals surface area contributed by atoms with E-state index in [1.54, 1.807) is 6.07 Å². The lowest BCUT2D eigenvalue weighted by Gasteiger charge is -2.25. The first-order valence-electron chi connectivity index (χ1n) is 7.95. The Morgan fingerprint density at radius 2 is 1.88 bits per heavy atom. The second kappa shape index (κ2) is 8.45. The number of hydrogen-bond donors (Lipinski definition) is 2. The Morgan fingerprint density at radius 1 is 1.12 bits per heavy atom. The summed E-state index contributed by atoms with van der Waals surface area (Å²) < 4.78 is 13.4. The van der Waals surface area contributed by atoms with E-state index in [-0.39, 0.29) is 17.9 Å². The molecule has 0 aliphatic rings. The third kappa shape index (κ3) is 5.35. The van der Waals surface area contributed by atoms with E-state index < -0.39 is 0 Å². The van der Waals surface area contributed by atoms with Gasteiger partial charge in [0.25, 0.3) is 0 Å². The molecule has 1 unspecified atom stereocenters. The summed E-state index contributed by atoms with van der Waals surface area (Å²) in [5.74, 6) is -0.275. The first-order chi connectivity index (χ1) is 11.5. The summed E-state index contributed by atoms with van der Waals surface area (Å²) in [4.78, 5) is 14.0. The van der Waals surface area contributed by atoms with Crippen LogP contribution in [0.15, 0.2) is 48.5 Å². The summed E-state index contributed by atoms with van der Waals surface area (Å²) in [5, 5.41) is 5.69. The summed E-state index contributed by atoms with van der Waals surface area (Å²) >= 11 is 0. The summed E-state index contributed by atoms with van der Waals surface area (Å²) in [6.45, 7) is 2.89. The van der Waals surface area contributed by atoms with E-state index >= 15 is 0 Å². The van der Waals surface area contributed by atoms with Crippen LogP contribution in [-0.2, 0) is 6.54 Å². The Hall–Kier alpha value is -2.40. The number of rotatable bonds is 6. The number of carbonyl (C=O) groups is 1. The van der Waals surface area contributed by atoms with Gasteiger partial charge in [-0.2, -0.15) is 0 Å². The second-order valence-electron chi connectivity index (χ2n) is 6.09. The van der Waals surface area contributed by atoms with Gasteiger partial charge >= 0.3 is 6.03 Å². The van der Waals surface area contributed by atoms with Gasteiger partial charge in [0.15, 0.2) is 0 Å². The molecule has 128 valence electrons. The fourth-order valence-electron chi connectivity index (χ4n) is 2.57. The maximum atomic E-state index is 13.4. The van der Waals surface area contributed by atoms with Crippen molar-refractivity contribution in [3.63, 3.8) is 0 Å². The van der Waals surface area contributed by atoms with Crippen LogP contribution in [0.3, 0.4) is 0 Å². The summed E-state index contributed by atoms with van der Waals surface area (Å²) in [6, 6.07) is 14.1. The Bertz CT molecular complexity index is 688. The molecule has 0 bridgehead atoms. The van der Waals surface area contributed by atoms with Crippen molar-refractivity contribution in [1.29, 1.82) is 0 Å². The summed E-state index contributed by atoms with van der Waals surface area (Å²) in [7, 11) is 3.81. The van der Waals surface area contributed by atoms with Gasteiger partial charge in [0.05, 0.1) is 6.04 Å². The van der Waals surface area contributed by atoms with Crippen LogP contribution in [0.1, 0.15) is 22.7 Å². The van der Waals surface area contributed by atoms with Gasteiger partial charge in [-0.05, 0) is 44.3 Å². The molecule has 2 aromatic rings. The van der Waals surface area contributed by atoms with E-state index in [2.05, 4.69) is 10.6 Å². The number of benzene rings is 2. The smallest absolute Gasteiger partial charge is 0.315 e. The van der Waals surface area contributed by atoms with Gasteiger partial charge in [0.1, 0.15) is 5.82 Å². The van der Waals surface area contributed by atoms with Gasteiger partial charge in [-0.25, -0.2) is 9.18 Å². The van der Waals surface area contributed by atoms with Crippen molar-refractivity contribution < 1.29 is 9.18 Å². The zero-order chi connectivity index (χ0) is 17.5. The van der Waals surface area contributed by atoms with E-state index in [1.807, 2.05) is 56.3 Å². The molecule has 2 aromatic carbocycles. The number of aryl methyl sites for hydroxylation is 1. The minimum absolute atomic E-state index is 0.0922. The molecule has 4 nitrogen and oxygen atoms in total. The zero-order valence-corrected chi connectivity index (χ0v) is 14.3. The summed E-state index contributed by atoms with van der Waals surface area (Å²) in [5.41, 5.74) is 3.05. The third-order valence-corrected chi connectivity index (χ3v) is 3.85. The normalized spacial score (nSPS) is 12.0. The molecule has 0 aromatic heterocycles. The first-order valence-corrected chi connectivity index (χ1v) is 7.95. The fraction of sp³-hybridized carbons (Fsp3) is 0.316. The van der Waals surface area contributed by atoms with Crippen LogP contribution in [0.2, 0.25) is 0 Å². The number of urea groups is 1. The van der Waals surface area contributed by atoms with Gasteiger partial charge < -0.3 is 15.5 Å². The molecule has 5 heteroatoms. The summed E-state index contributed by atoms with van der Waals surface area (Å²) in [6.07, 6.45) is 0. The van der Waals surface area contributed by atoms with Crippen LogP contribution in [-0.4, -0.2) is 31.6 Å². The minimum atomic E-state index is -0.275. The molecule has 2 rings (SSSR count). The van der Waals surface area contributed by atoms with E-state index in [0.717, 1.165) is 16.7 Å². The van der Waals surface area contributed by atoms with Crippen LogP contribution in [0.4, 0.5) is 9.18 Å². The van der Waals surface area contributed by atoms with E-state index in [4.69, 9.17) is 0 Å². The Kier molecular flexibility index (Phi) is 6.32. The van der Waals surface area contributed by atoms with Gasteiger partial charge in [-0.3, -0.25) is 0 Å². The SMILES string of the molecule is Cc1cccc(CNC(=O)NCC(c2cccc(F)c2)N(C)C)c1. The third-order valence-electron chi connectivity index (χ3n) is 3.85. The molecule has 0 fully saturated rings. The molecule has 2 N–H and O–H groups in total. The molecule has 0 saturated heterocycles. The van der Waals surface area contributed by atoms with Crippen LogP contribution in [0.5, 0.6) is 0 Å². The number of hydrogen-bond acceptors (Lipinski definition) is 2. The topological polar surface area (TPSA) is 44.4 Å². The number of halogens is 1. The molecule has 0 radical (unpaired) electrons. The highest BCUT2D eigenvalue weighted by Crippen LogP contribution is 2.18. The lowest BCUT2D eigenvalue weighted by atomic mass is 10.1. The van der Waals surface area contributed by atoms with E-state index in [1.165, 1.54) is 12.1 Å². The number of nitrogens with one attached hydrogen (secondary N) is 2. The molecule has 1 atom stereocenters. The monoisotopic (exact) mass is 329 g/mol. The van der Waals surface area contributed by atoms with Crippen molar-refractivity contribution in [2.75, 3.05) is 20.6 Å². The van der Waals surface area contributed by atoms with Crippen LogP contribution >= 0.6 is 0 Å². The quantitative estimate of drug-likeness (QED) is 0.854. The minimum Gasteiger partial charge on any atom is -0.336 e. The molecule has 2 amide bonds. The Morgan fingerprint density at radius 3 is 2.54 bits per heavy atom. The average molecular weight is 329 g/mol. The molecule has 0 saturated carbocycles. The maximum Gasteiger partial charge on any atom is 0.315 e. The van der Waals surface area contributed by atoms with Gasteiger partial charge in [-0.1, -0.05) is 42.0 Å². The van der Waals surface area contributed by atoms with Crippen LogP contribution < -0.4 is 10.6 Å². The van der Waals surface area contributed by atoms with Crippen molar-refractivity contribution in [1.82, 2.24) is 15.5 Å².